The van der Waals surface area contributed by atoms with Crippen molar-refractivity contribution in [2.45, 2.75) is 6.42 Å². The molecular weight excluding hydrogens is 225 g/mol. The predicted molar refractivity (Wildman–Crippen MR) is 60.8 cm³/mol. The van der Waals surface area contributed by atoms with Crippen molar-refractivity contribution in [1.82, 2.24) is 0 Å². The van der Waals surface area contributed by atoms with Crippen LogP contribution in [-0.4, -0.2) is 17.6 Å². The second kappa shape index (κ2) is 6.30. The highest BCUT2D eigenvalue weighted by Crippen LogP contribution is 2.14. The van der Waals surface area contributed by atoms with Gasteiger partial charge in [-0.1, -0.05) is 23.3 Å². The van der Waals surface area contributed by atoms with E-state index in [1.54, 1.807) is 12.2 Å². The Morgan fingerprint density at radius 1 is 1.59 bits per heavy atom. The van der Waals surface area contributed by atoms with Gasteiger partial charge in [0.05, 0.1) is 6.42 Å². The molecule has 0 aliphatic rings. The number of carbonyl (C=O) groups is 1. The summed E-state index contributed by atoms with van der Waals surface area (Å²) in [6, 6.07) is 3.92. The number of hydrogen-bond acceptors (Lipinski definition) is 2. The van der Waals surface area contributed by atoms with E-state index in [1.807, 2.05) is 0 Å². The third kappa shape index (κ3) is 4.36. The fourth-order valence-corrected chi connectivity index (χ4v) is 1.32. The highest BCUT2D eigenvalue weighted by atomic mass is 19.1. The lowest BCUT2D eigenvalue weighted by Crippen LogP contribution is -2.02. The van der Waals surface area contributed by atoms with Gasteiger partial charge in [-0.25, -0.2) is 4.39 Å². The summed E-state index contributed by atoms with van der Waals surface area (Å²) in [5, 5.41) is 12.0. The minimum Gasteiger partial charge on any atom is -0.481 e. The summed E-state index contributed by atoms with van der Waals surface area (Å²) >= 11 is 0. The number of halogens is 1. The quantitative estimate of drug-likeness (QED) is 0.483. The van der Waals surface area contributed by atoms with Crippen molar-refractivity contribution >= 4 is 12.0 Å². The monoisotopic (exact) mass is 235 g/mol. The molecule has 0 amide bonds. The van der Waals surface area contributed by atoms with E-state index in [1.165, 1.54) is 18.2 Å². The number of aliphatic carboxylic acids is 1. The molecule has 0 aromatic heterocycles. The van der Waals surface area contributed by atoms with Crippen LogP contribution in [0.4, 0.5) is 4.39 Å². The summed E-state index contributed by atoms with van der Waals surface area (Å²) in [6.45, 7) is 0.167. The molecular formula is C11H10FN3O2. The van der Waals surface area contributed by atoms with Gasteiger partial charge in [0, 0.05) is 11.5 Å². The number of carboxylic acids is 1. The van der Waals surface area contributed by atoms with E-state index >= 15 is 0 Å². The van der Waals surface area contributed by atoms with Crippen LogP contribution in [0.5, 0.6) is 0 Å². The lowest BCUT2D eigenvalue weighted by atomic mass is 10.0. The van der Waals surface area contributed by atoms with Gasteiger partial charge in [-0.3, -0.25) is 4.79 Å². The molecule has 1 aromatic rings. The number of hydrogen-bond donors (Lipinski definition) is 1. The van der Waals surface area contributed by atoms with E-state index in [4.69, 9.17) is 10.6 Å². The second-order valence-corrected chi connectivity index (χ2v) is 3.23. The van der Waals surface area contributed by atoms with E-state index in [0.29, 0.717) is 11.1 Å². The van der Waals surface area contributed by atoms with Crippen molar-refractivity contribution < 1.29 is 14.3 Å². The van der Waals surface area contributed by atoms with E-state index < -0.39 is 11.8 Å². The van der Waals surface area contributed by atoms with Crippen molar-refractivity contribution in [2.24, 2.45) is 5.11 Å². The Bertz CT molecular complexity index is 493. The molecule has 17 heavy (non-hydrogen) atoms. The van der Waals surface area contributed by atoms with Gasteiger partial charge < -0.3 is 5.11 Å². The van der Waals surface area contributed by atoms with Gasteiger partial charge in [-0.15, -0.1) is 0 Å². The highest BCUT2D eigenvalue weighted by Gasteiger charge is 2.06. The third-order valence-corrected chi connectivity index (χ3v) is 1.99. The average Bonchev–Trinajstić information content (AvgIpc) is 2.26. The van der Waals surface area contributed by atoms with Gasteiger partial charge in [0.15, 0.2) is 0 Å². The molecule has 0 saturated carbocycles. The molecule has 1 rings (SSSR count). The zero-order valence-corrected chi connectivity index (χ0v) is 8.88. The molecule has 88 valence electrons. The normalized spacial score (nSPS) is 10.2. The number of carboxylic acid groups (broad SMARTS) is 1. The molecule has 5 nitrogen and oxygen atoms in total. The second-order valence-electron chi connectivity index (χ2n) is 3.23. The van der Waals surface area contributed by atoms with Gasteiger partial charge >= 0.3 is 5.97 Å². The van der Waals surface area contributed by atoms with Gasteiger partial charge in [-0.2, -0.15) is 0 Å². The Morgan fingerprint density at radius 2 is 2.35 bits per heavy atom. The summed E-state index contributed by atoms with van der Waals surface area (Å²) in [5.41, 5.74) is 9.05. The molecule has 1 N–H and O–H groups in total. The van der Waals surface area contributed by atoms with E-state index in [2.05, 4.69) is 10.0 Å². The smallest absolute Gasteiger partial charge is 0.307 e. The fourth-order valence-electron chi connectivity index (χ4n) is 1.32. The van der Waals surface area contributed by atoms with Crippen LogP contribution in [0.15, 0.2) is 29.4 Å². The van der Waals surface area contributed by atoms with Crippen LogP contribution in [-0.2, 0) is 11.2 Å². The third-order valence-electron chi connectivity index (χ3n) is 1.99. The zero-order chi connectivity index (χ0) is 12.7. The van der Waals surface area contributed by atoms with Crippen molar-refractivity contribution in [1.29, 1.82) is 0 Å². The van der Waals surface area contributed by atoms with Crippen molar-refractivity contribution in [3.8, 4) is 0 Å². The molecule has 0 radical (unpaired) electrons. The first kappa shape index (κ1) is 12.7. The Labute approximate surface area is 96.8 Å². The largest absolute Gasteiger partial charge is 0.481 e. The van der Waals surface area contributed by atoms with Crippen LogP contribution in [0.3, 0.4) is 0 Å². The van der Waals surface area contributed by atoms with E-state index in [0.717, 1.165) is 0 Å². The zero-order valence-electron chi connectivity index (χ0n) is 8.88. The summed E-state index contributed by atoms with van der Waals surface area (Å²) in [7, 11) is 0. The summed E-state index contributed by atoms with van der Waals surface area (Å²) in [4.78, 5) is 13.2. The minimum absolute atomic E-state index is 0.167. The summed E-state index contributed by atoms with van der Waals surface area (Å²) in [6.07, 6.45) is 2.93. The van der Waals surface area contributed by atoms with Crippen LogP contribution < -0.4 is 0 Å². The summed E-state index contributed by atoms with van der Waals surface area (Å²) in [5.74, 6) is -1.51. The molecule has 0 spiro atoms. The first-order valence-electron chi connectivity index (χ1n) is 4.81. The Morgan fingerprint density at radius 3 is 3.00 bits per heavy atom. The molecule has 0 aliphatic heterocycles. The Kier molecular flexibility index (Phi) is 4.72. The van der Waals surface area contributed by atoms with E-state index in [9.17, 15) is 9.18 Å². The van der Waals surface area contributed by atoms with Crippen molar-refractivity contribution in [3.05, 3.63) is 51.7 Å². The molecule has 0 unspecified atom stereocenters. The topological polar surface area (TPSA) is 86.1 Å². The predicted octanol–water partition coefficient (Wildman–Crippen LogP) is 2.78. The van der Waals surface area contributed by atoms with Gasteiger partial charge in [0.25, 0.3) is 0 Å². The first-order valence-corrected chi connectivity index (χ1v) is 4.81. The maximum Gasteiger partial charge on any atom is 0.307 e. The Balaban J connectivity index is 2.93. The standard InChI is InChI=1S/C11H10FN3O2/c12-10-4-3-8(2-1-5-14-15-13)9(6-10)7-11(16)17/h1-4,6H,5,7H2,(H,16,17). The molecule has 0 aliphatic carbocycles. The summed E-state index contributed by atoms with van der Waals surface area (Å²) < 4.78 is 13.0. The fraction of sp³-hybridized carbons (Fsp3) is 0.182. The first-order chi connectivity index (χ1) is 8.13. The number of nitrogens with zero attached hydrogens (tertiary/aromatic N) is 3. The molecule has 6 heteroatoms. The SMILES string of the molecule is [N-]=[N+]=NCC=Cc1ccc(F)cc1CC(=O)O. The molecule has 0 bridgehead atoms. The molecule has 1 aromatic carbocycles. The highest BCUT2D eigenvalue weighted by molar-refractivity contribution is 5.72. The van der Waals surface area contributed by atoms with Crippen molar-refractivity contribution in [3.63, 3.8) is 0 Å². The molecule has 0 heterocycles. The maximum absolute atomic E-state index is 13.0. The Hall–Kier alpha value is -2.33. The van der Waals surface area contributed by atoms with Crippen LogP contribution in [0, 0.1) is 5.82 Å². The van der Waals surface area contributed by atoms with Gasteiger partial charge in [-0.05, 0) is 28.8 Å². The number of benzene rings is 1. The molecule has 0 fully saturated rings. The maximum atomic E-state index is 13.0. The van der Waals surface area contributed by atoms with Crippen LogP contribution in [0.2, 0.25) is 0 Å². The molecule has 0 atom stereocenters. The van der Waals surface area contributed by atoms with Crippen LogP contribution in [0.25, 0.3) is 16.5 Å². The lowest BCUT2D eigenvalue weighted by Gasteiger charge is -2.03. The van der Waals surface area contributed by atoms with Crippen LogP contribution in [0.1, 0.15) is 11.1 Å². The van der Waals surface area contributed by atoms with Gasteiger partial charge in [0.2, 0.25) is 0 Å². The number of rotatable bonds is 5. The minimum atomic E-state index is -1.03. The van der Waals surface area contributed by atoms with Gasteiger partial charge in [0.1, 0.15) is 5.82 Å². The van der Waals surface area contributed by atoms with Crippen molar-refractivity contribution in [2.75, 3.05) is 6.54 Å². The van der Waals surface area contributed by atoms with Crippen LogP contribution >= 0.6 is 0 Å². The number of azide groups is 1. The average molecular weight is 235 g/mol. The van der Waals surface area contributed by atoms with E-state index in [-0.39, 0.29) is 13.0 Å². The molecule has 0 saturated heterocycles. The lowest BCUT2D eigenvalue weighted by molar-refractivity contribution is -0.136.